The molecule has 0 aliphatic carbocycles. The number of phenolic OH excluding ortho intramolecular Hbond substituents is 2. The SMILES string of the molecule is Bc1c(B)c(O)c(-c2c3ccccc3c(-c3ccc(-c4c(-c5cccc6oc7ccccc7c56)ccc5oc6ccccc6c45)cc3)c3ccccc23)c(O)c1B. The quantitative estimate of drug-likeness (QED) is 0.141. The molecule has 9 aromatic carbocycles. The monoisotopic (exact) mass is 730 g/mol. The van der Waals surface area contributed by atoms with Crippen molar-refractivity contribution in [2.45, 2.75) is 0 Å². The molecule has 0 spiro atoms. The van der Waals surface area contributed by atoms with Gasteiger partial charge in [0.2, 0.25) is 0 Å². The first-order valence-electron chi connectivity index (χ1n) is 19.3. The van der Waals surface area contributed by atoms with Gasteiger partial charge in [-0.1, -0.05) is 138 Å². The van der Waals surface area contributed by atoms with Gasteiger partial charge in [0.25, 0.3) is 0 Å². The Morgan fingerprint density at radius 3 is 1.32 bits per heavy atom. The molecule has 0 saturated carbocycles. The first-order valence-corrected chi connectivity index (χ1v) is 19.3. The normalized spacial score (nSPS) is 11.9. The number of phenols is 2. The van der Waals surface area contributed by atoms with Crippen LogP contribution in [0.15, 0.2) is 160 Å². The Bertz CT molecular complexity index is 3380. The maximum atomic E-state index is 11.6. The Hall–Kier alpha value is -7.11. The number of furan rings is 2. The Morgan fingerprint density at radius 1 is 0.316 bits per heavy atom. The van der Waals surface area contributed by atoms with Crippen molar-refractivity contribution in [2.24, 2.45) is 0 Å². The van der Waals surface area contributed by atoms with Crippen molar-refractivity contribution < 1.29 is 19.0 Å². The van der Waals surface area contributed by atoms with Crippen molar-refractivity contribution >= 4 is 105 Å². The van der Waals surface area contributed by atoms with Gasteiger partial charge >= 0.3 is 0 Å². The van der Waals surface area contributed by atoms with Crippen molar-refractivity contribution in [3.05, 3.63) is 152 Å². The number of hydrogen-bond acceptors (Lipinski definition) is 4. The van der Waals surface area contributed by atoms with E-state index in [1.54, 1.807) is 0 Å². The summed E-state index contributed by atoms with van der Waals surface area (Å²) in [5, 5.41) is 31.6. The van der Waals surface area contributed by atoms with Gasteiger partial charge < -0.3 is 19.0 Å². The predicted octanol–water partition coefficient (Wildman–Crippen LogP) is 8.65. The summed E-state index contributed by atoms with van der Waals surface area (Å²) in [6, 6.07) is 52.6. The highest BCUT2D eigenvalue weighted by molar-refractivity contribution is 6.59. The van der Waals surface area contributed by atoms with E-state index in [1.807, 2.05) is 66.0 Å². The minimum Gasteiger partial charge on any atom is -0.508 e. The second-order valence-corrected chi connectivity index (χ2v) is 15.1. The number of fused-ring (bicyclic) bond motifs is 8. The first kappa shape index (κ1) is 33.3. The van der Waals surface area contributed by atoms with Crippen LogP contribution in [0, 0.1) is 0 Å². The van der Waals surface area contributed by atoms with Gasteiger partial charge in [-0.3, -0.25) is 0 Å². The van der Waals surface area contributed by atoms with Crippen molar-refractivity contribution in [1.82, 2.24) is 0 Å². The van der Waals surface area contributed by atoms with Gasteiger partial charge in [-0.2, -0.15) is 0 Å². The molecule has 2 aromatic heterocycles. The van der Waals surface area contributed by atoms with Crippen LogP contribution in [0.4, 0.5) is 0 Å². The lowest BCUT2D eigenvalue weighted by Crippen LogP contribution is -2.39. The Balaban J connectivity index is 1.17. The van der Waals surface area contributed by atoms with E-state index < -0.39 is 0 Å². The van der Waals surface area contributed by atoms with E-state index in [0.717, 1.165) is 121 Å². The Kier molecular flexibility index (Phi) is 7.27. The van der Waals surface area contributed by atoms with Gasteiger partial charge in [0, 0.05) is 32.7 Å². The lowest BCUT2D eigenvalue weighted by atomic mass is 9.69. The van der Waals surface area contributed by atoms with E-state index >= 15 is 0 Å². The van der Waals surface area contributed by atoms with Crippen LogP contribution in [0.25, 0.3) is 110 Å². The molecule has 0 aliphatic heterocycles. The number of aromatic hydroxyl groups is 2. The van der Waals surface area contributed by atoms with E-state index in [9.17, 15) is 10.2 Å². The second kappa shape index (κ2) is 12.5. The highest BCUT2D eigenvalue weighted by Gasteiger charge is 2.25. The van der Waals surface area contributed by atoms with E-state index in [1.165, 1.54) is 0 Å². The van der Waals surface area contributed by atoms with Gasteiger partial charge in [0.1, 0.15) is 57.4 Å². The zero-order valence-corrected chi connectivity index (χ0v) is 31.6. The largest absolute Gasteiger partial charge is 0.508 e. The average molecular weight is 730 g/mol. The summed E-state index contributed by atoms with van der Waals surface area (Å²) in [6.45, 7) is 0. The topological polar surface area (TPSA) is 66.7 Å². The molecule has 0 saturated heterocycles. The molecular weight excluding hydrogens is 697 g/mol. The molecule has 0 atom stereocenters. The fourth-order valence-electron chi connectivity index (χ4n) is 9.21. The first-order chi connectivity index (χ1) is 27.9. The summed E-state index contributed by atoms with van der Waals surface area (Å²) in [5.41, 5.74) is 13.7. The van der Waals surface area contributed by atoms with E-state index in [4.69, 9.17) is 8.83 Å². The number of para-hydroxylation sites is 2. The molecule has 2 N–H and O–H groups in total. The predicted molar refractivity (Wildman–Crippen MR) is 246 cm³/mol. The molecule has 0 amide bonds. The molecule has 11 rings (SSSR count). The third-order valence-electron chi connectivity index (χ3n) is 12.2. The molecule has 7 heteroatoms. The zero-order valence-electron chi connectivity index (χ0n) is 31.6. The Labute approximate surface area is 330 Å². The molecule has 57 heavy (non-hydrogen) atoms. The maximum Gasteiger partial charge on any atom is 0.143 e. The minimum atomic E-state index is 0.110. The van der Waals surface area contributed by atoms with Gasteiger partial charge in [-0.05, 0) is 79.7 Å². The van der Waals surface area contributed by atoms with E-state index in [-0.39, 0.29) is 11.5 Å². The fourth-order valence-corrected chi connectivity index (χ4v) is 9.21. The summed E-state index contributed by atoms with van der Waals surface area (Å²) in [5.74, 6) is 0.220. The third kappa shape index (κ3) is 4.79. The molecule has 0 bridgehead atoms. The van der Waals surface area contributed by atoms with Crippen LogP contribution in [0.3, 0.4) is 0 Å². The van der Waals surface area contributed by atoms with Crippen molar-refractivity contribution in [3.63, 3.8) is 0 Å². The molecule has 4 nitrogen and oxygen atoms in total. The van der Waals surface area contributed by atoms with E-state index in [2.05, 4.69) is 109 Å². The standard InChI is InChI=1S/C50H33B3O4/c51-46-47(52)49(54)45(50(55)48(46)53)43-31-12-3-1-10-28(31)40(29-11-2-4-13-32(29)43)26-20-22-27(23-21-26)41-33(24-25-39-44(41)35-15-6-8-18-37(35)57-39)30-16-9-19-38-42(30)34-14-5-7-17-36(34)56-38/h1-25,54-55H,51-53H2. The lowest BCUT2D eigenvalue weighted by Gasteiger charge is -2.22. The summed E-state index contributed by atoms with van der Waals surface area (Å²) in [6.07, 6.45) is 0. The third-order valence-corrected chi connectivity index (χ3v) is 12.2. The molecule has 11 aromatic rings. The van der Waals surface area contributed by atoms with Crippen molar-refractivity contribution in [1.29, 1.82) is 0 Å². The van der Waals surface area contributed by atoms with Crippen LogP contribution in [0.5, 0.6) is 11.5 Å². The van der Waals surface area contributed by atoms with Crippen LogP contribution in [-0.4, -0.2) is 33.8 Å². The maximum absolute atomic E-state index is 11.6. The smallest absolute Gasteiger partial charge is 0.143 e. The van der Waals surface area contributed by atoms with Gasteiger partial charge in [-0.25, -0.2) is 0 Å². The van der Waals surface area contributed by atoms with Crippen LogP contribution in [0.1, 0.15) is 0 Å². The summed E-state index contributed by atoms with van der Waals surface area (Å²) < 4.78 is 12.8. The van der Waals surface area contributed by atoms with Crippen molar-refractivity contribution in [3.8, 4) is 56.0 Å². The minimum absolute atomic E-state index is 0.110. The lowest BCUT2D eigenvalue weighted by molar-refractivity contribution is 0.460. The Morgan fingerprint density at radius 2 is 0.754 bits per heavy atom. The molecular formula is C50H33B3O4. The highest BCUT2D eigenvalue weighted by Crippen LogP contribution is 2.49. The molecule has 0 fully saturated rings. The summed E-state index contributed by atoms with van der Waals surface area (Å²) in [7, 11) is 5.77. The second-order valence-electron chi connectivity index (χ2n) is 15.1. The van der Waals surface area contributed by atoms with Crippen molar-refractivity contribution in [2.75, 3.05) is 0 Å². The van der Waals surface area contributed by atoms with Crippen LogP contribution < -0.4 is 16.4 Å². The number of hydrogen-bond donors (Lipinski definition) is 2. The van der Waals surface area contributed by atoms with Crippen LogP contribution in [-0.2, 0) is 0 Å². The fraction of sp³-hybridized carbons (Fsp3) is 0. The molecule has 0 aliphatic rings. The van der Waals surface area contributed by atoms with E-state index in [0.29, 0.717) is 5.56 Å². The molecule has 2 heterocycles. The molecule has 0 radical (unpaired) electrons. The van der Waals surface area contributed by atoms with Crippen LogP contribution >= 0.6 is 0 Å². The van der Waals surface area contributed by atoms with Gasteiger partial charge in [0.05, 0.1) is 5.56 Å². The summed E-state index contributed by atoms with van der Waals surface area (Å²) in [4.78, 5) is 0. The zero-order chi connectivity index (χ0) is 38.5. The number of benzene rings is 9. The van der Waals surface area contributed by atoms with Gasteiger partial charge in [0.15, 0.2) is 0 Å². The summed E-state index contributed by atoms with van der Waals surface area (Å²) >= 11 is 0. The van der Waals surface area contributed by atoms with Crippen LogP contribution in [0.2, 0.25) is 0 Å². The molecule has 0 unspecified atom stereocenters. The average Bonchev–Trinajstić information content (AvgIpc) is 3.83. The number of rotatable bonds is 4. The molecule has 266 valence electrons. The highest BCUT2D eigenvalue weighted by atomic mass is 16.3. The van der Waals surface area contributed by atoms with Gasteiger partial charge in [-0.15, -0.1) is 0 Å².